The van der Waals surface area contributed by atoms with E-state index in [2.05, 4.69) is 18.3 Å². The molecule has 1 aromatic rings. The van der Waals surface area contributed by atoms with Gasteiger partial charge in [-0.15, -0.1) is 0 Å². The topological polar surface area (TPSA) is 29.3 Å². The average Bonchev–Trinajstić information content (AvgIpc) is 2.49. The Bertz CT molecular complexity index is 321. The minimum absolute atomic E-state index is 0.0650. The van der Waals surface area contributed by atoms with Crippen molar-refractivity contribution in [2.24, 2.45) is 5.73 Å². The fraction of sp³-hybridized carbons (Fsp3) is 0.200. The van der Waals surface area contributed by atoms with Gasteiger partial charge in [-0.3, -0.25) is 0 Å². The molecule has 0 amide bonds. The maximum absolute atomic E-state index is 5.84. The summed E-state index contributed by atoms with van der Waals surface area (Å²) in [5.74, 6) is 0. The van der Waals surface area contributed by atoms with E-state index in [1.165, 1.54) is 10.5 Å². The molecule has 68 valence electrons. The Morgan fingerprint density at radius 1 is 1.31 bits per heavy atom. The van der Waals surface area contributed by atoms with Gasteiger partial charge in [-0.1, -0.05) is 42.1 Å². The SMILES string of the molecule is CN1C=C(c2ccccc2)SC1N. The van der Waals surface area contributed by atoms with Gasteiger partial charge >= 0.3 is 0 Å². The van der Waals surface area contributed by atoms with E-state index in [9.17, 15) is 0 Å². The Morgan fingerprint density at radius 2 is 2.00 bits per heavy atom. The number of hydrogen-bond acceptors (Lipinski definition) is 3. The minimum Gasteiger partial charge on any atom is -0.355 e. The van der Waals surface area contributed by atoms with Gasteiger partial charge < -0.3 is 10.6 Å². The predicted octanol–water partition coefficient (Wildman–Crippen LogP) is 1.91. The first-order chi connectivity index (χ1) is 6.27. The van der Waals surface area contributed by atoms with Crippen LogP contribution in [0.25, 0.3) is 4.91 Å². The molecule has 1 unspecified atom stereocenters. The summed E-state index contributed by atoms with van der Waals surface area (Å²) in [4.78, 5) is 3.27. The maximum atomic E-state index is 5.84. The molecule has 0 saturated heterocycles. The van der Waals surface area contributed by atoms with Crippen LogP contribution in [0.4, 0.5) is 0 Å². The second-order valence-corrected chi connectivity index (χ2v) is 4.19. The van der Waals surface area contributed by atoms with Gasteiger partial charge in [0.05, 0.1) is 0 Å². The molecule has 0 aromatic heterocycles. The summed E-state index contributed by atoms with van der Waals surface area (Å²) in [6.07, 6.45) is 2.09. The molecule has 0 radical (unpaired) electrons. The third-order valence-corrected chi connectivity index (χ3v) is 3.20. The van der Waals surface area contributed by atoms with Crippen molar-refractivity contribution in [3.63, 3.8) is 0 Å². The lowest BCUT2D eigenvalue weighted by molar-refractivity contribution is 0.447. The van der Waals surface area contributed by atoms with Gasteiger partial charge in [0.2, 0.25) is 0 Å². The van der Waals surface area contributed by atoms with Gasteiger partial charge in [-0.25, -0.2) is 0 Å². The van der Waals surface area contributed by atoms with E-state index >= 15 is 0 Å². The highest BCUT2D eigenvalue weighted by molar-refractivity contribution is 8.09. The molecule has 1 aromatic carbocycles. The van der Waals surface area contributed by atoms with E-state index in [4.69, 9.17) is 5.73 Å². The number of nitrogens with two attached hydrogens (primary N) is 1. The standard InChI is InChI=1S/C10H12N2S/c1-12-7-9(13-10(12)11)8-5-3-2-4-6-8/h2-7,10H,11H2,1H3. The van der Waals surface area contributed by atoms with Crippen LogP contribution in [-0.2, 0) is 0 Å². The molecule has 2 N–H and O–H groups in total. The predicted molar refractivity (Wildman–Crippen MR) is 57.7 cm³/mol. The average molecular weight is 192 g/mol. The summed E-state index contributed by atoms with van der Waals surface area (Å²) in [7, 11) is 1.99. The maximum Gasteiger partial charge on any atom is 0.129 e. The molecule has 1 atom stereocenters. The summed E-state index contributed by atoms with van der Waals surface area (Å²) in [6, 6.07) is 10.3. The van der Waals surface area contributed by atoms with E-state index in [1.54, 1.807) is 11.8 Å². The normalized spacial score (nSPS) is 21.8. The van der Waals surface area contributed by atoms with Crippen molar-refractivity contribution in [1.29, 1.82) is 0 Å². The summed E-state index contributed by atoms with van der Waals surface area (Å²) in [5, 5.41) is 0. The van der Waals surface area contributed by atoms with Crippen LogP contribution in [0.5, 0.6) is 0 Å². The van der Waals surface area contributed by atoms with Crippen molar-refractivity contribution in [2.75, 3.05) is 7.05 Å². The fourth-order valence-electron chi connectivity index (χ4n) is 1.25. The van der Waals surface area contributed by atoms with Gasteiger partial charge in [-0.05, 0) is 5.56 Å². The first kappa shape index (κ1) is 8.66. The van der Waals surface area contributed by atoms with Crippen molar-refractivity contribution >= 4 is 16.7 Å². The molecule has 2 rings (SSSR count). The van der Waals surface area contributed by atoms with Crippen LogP contribution in [0.1, 0.15) is 5.56 Å². The number of thioether (sulfide) groups is 1. The molecule has 1 heterocycles. The van der Waals surface area contributed by atoms with E-state index in [0.717, 1.165) is 0 Å². The van der Waals surface area contributed by atoms with Crippen molar-refractivity contribution < 1.29 is 0 Å². The molecule has 0 aliphatic carbocycles. The zero-order valence-corrected chi connectivity index (χ0v) is 8.29. The third-order valence-electron chi connectivity index (χ3n) is 2.03. The highest BCUT2D eigenvalue weighted by Crippen LogP contribution is 2.35. The van der Waals surface area contributed by atoms with Crippen molar-refractivity contribution in [1.82, 2.24) is 4.90 Å². The Kier molecular flexibility index (Phi) is 2.29. The highest BCUT2D eigenvalue weighted by atomic mass is 32.2. The molecule has 1 aliphatic rings. The van der Waals surface area contributed by atoms with Gasteiger partial charge in [0, 0.05) is 18.2 Å². The van der Waals surface area contributed by atoms with Crippen molar-refractivity contribution in [3.8, 4) is 0 Å². The van der Waals surface area contributed by atoms with Gasteiger partial charge in [0.15, 0.2) is 0 Å². The molecule has 0 bridgehead atoms. The monoisotopic (exact) mass is 192 g/mol. The van der Waals surface area contributed by atoms with Crippen LogP contribution in [-0.4, -0.2) is 17.4 Å². The fourth-order valence-corrected chi connectivity index (χ4v) is 2.23. The molecule has 2 nitrogen and oxygen atoms in total. The number of nitrogens with zero attached hydrogens (tertiary/aromatic N) is 1. The Balaban J connectivity index is 2.25. The van der Waals surface area contributed by atoms with Gasteiger partial charge in [-0.2, -0.15) is 0 Å². The molecule has 0 spiro atoms. The lowest BCUT2D eigenvalue weighted by atomic mass is 10.2. The molecule has 3 heteroatoms. The lowest BCUT2D eigenvalue weighted by Crippen LogP contribution is -2.28. The zero-order valence-electron chi connectivity index (χ0n) is 7.47. The van der Waals surface area contributed by atoms with Crippen LogP contribution in [0.3, 0.4) is 0 Å². The lowest BCUT2D eigenvalue weighted by Gasteiger charge is -2.12. The quantitative estimate of drug-likeness (QED) is 0.737. The second kappa shape index (κ2) is 3.44. The smallest absolute Gasteiger partial charge is 0.129 e. The van der Waals surface area contributed by atoms with Crippen LogP contribution >= 0.6 is 11.8 Å². The van der Waals surface area contributed by atoms with E-state index < -0.39 is 0 Å². The first-order valence-corrected chi connectivity index (χ1v) is 5.07. The summed E-state index contributed by atoms with van der Waals surface area (Å²) < 4.78 is 0. The van der Waals surface area contributed by atoms with Crippen LogP contribution in [0.15, 0.2) is 36.5 Å². The van der Waals surface area contributed by atoms with Crippen molar-refractivity contribution in [3.05, 3.63) is 42.1 Å². The first-order valence-electron chi connectivity index (χ1n) is 4.19. The number of rotatable bonds is 1. The van der Waals surface area contributed by atoms with E-state index in [-0.39, 0.29) is 5.50 Å². The largest absolute Gasteiger partial charge is 0.355 e. The van der Waals surface area contributed by atoms with Gasteiger partial charge in [0.1, 0.15) is 5.50 Å². The van der Waals surface area contributed by atoms with E-state index in [1.807, 2.05) is 30.1 Å². The molecular formula is C10H12N2S. The Morgan fingerprint density at radius 3 is 2.54 bits per heavy atom. The molecule has 0 fully saturated rings. The van der Waals surface area contributed by atoms with Crippen LogP contribution in [0.2, 0.25) is 0 Å². The summed E-state index contributed by atoms with van der Waals surface area (Å²) in [5.41, 5.74) is 7.15. The zero-order chi connectivity index (χ0) is 9.26. The number of hydrogen-bond donors (Lipinski definition) is 1. The van der Waals surface area contributed by atoms with Crippen molar-refractivity contribution in [2.45, 2.75) is 5.50 Å². The Hall–Kier alpha value is -0.930. The molecule has 0 saturated carbocycles. The third kappa shape index (κ3) is 1.71. The van der Waals surface area contributed by atoms with Crippen LogP contribution < -0.4 is 5.73 Å². The molecular weight excluding hydrogens is 180 g/mol. The minimum atomic E-state index is 0.0650. The number of benzene rings is 1. The van der Waals surface area contributed by atoms with E-state index in [0.29, 0.717) is 0 Å². The molecule has 1 aliphatic heterocycles. The van der Waals surface area contributed by atoms with Crippen LogP contribution in [0, 0.1) is 0 Å². The Labute approximate surface area is 82.4 Å². The highest BCUT2D eigenvalue weighted by Gasteiger charge is 2.18. The van der Waals surface area contributed by atoms with Gasteiger partial charge in [0.25, 0.3) is 0 Å². The second-order valence-electron chi connectivity index (χ2n) is 3.03. The summed E-state index contributed by atoms with van der Waals surface area (Å²) in [6.45, 7) is 0. The molecule has 13 heavy (non-hydrogen) atoms. The summed E-state index contributed by atoms with van der Waals surface area (Å²) >= 11 is 1.69.